The van der Waals surface area contributed by atoms with Gasteiger partial charge in [0.2, 0.25) is 10.0 Å². The molecule has 0 fully saturated rings. The van der Waals surface area contributed by atoms with Crippen LogP contribution in [-0.2, 0) is 14.8 Å². The normalized spacial score (nSPS) is 11.4. The Hall–Kier alpha value is -2.22. The molecule has 140 valence electrons. The minimum absolute atomic E-state index is 0.0461. The number of rotatable bonds is 7. The van der Waals surface area contributed by atoms with Crippen LogP contribution in [0.3, 0.4) is 0 Å². The molecule has 6 nitrogen and oxygen atoms in total. The first-order chi connectivity index (χ1) is 12.2. The summed E-state index contributed by atoms with van der Waals surface area (Å²) in [4.78, 5) is 12.7. The van der Waals surface area contributed by atoms with Gasteiger partial charge in [0.15, 0.2) is 0 Å². The summed E-state index contributed by atoms with van der Waals surface area (Å²) in [5.74, 6) is -0.346. The molecule has 0 saturated heterocycles. The molecule has 0 aliphatic rings. The van der Waals surface area contributed by atoms with Crippen LogP contribution in [0.2, 0.25) is 0 Å². The third kappa shape index (κ3) is 5.14. The number of carbonyl (C=O) groups is 1. The molecule has 0 aliphatic heterocycles. The Labute approximate surface area is 154 Å². The van der Waals surface area contributed by atoms with Crippen LogP contribution in [0.1, 0.15) is 27.0 Å². The molecule has 0 aromatic heterocycles. The van der Waals surface area contributed by atoms with Crippen molar-refractivity contribution in [1.82, 2.24) is 4.72 Å². The minimum Gasteiger partial charge on any atom is -0.383 e. The lowest BCUT2D eigenvalue weighted by Crippen LogP contribution is -2.27. The van der Waals surface area contributed by atoms with Gasteiger partial charge < -0.3 is 10.1 Å². The number of sulfonamides is 1. The molecule has 2 N–H and O–H groups in total. The number of amides is 1. The Kier molecular flexibility index (Phi) is 6.52. The van der Waals surface area contributed by atoms with Crippen LogP contribution in [0, 0.1) is 20.8 Å². The molecule has 7 heteroatoms. The smallest absolute Gasteiger partial charge is 0.255 e. The van der Waals surface area contributed by atoms with Gasteiger partial charge in [-0.3, -0.25) is 4.79 Å². The first kappa shape index (κ1) is 20.1. The lowest BCUT2D eigenvalue weighted by Gasteiger charge is -2.12. The number of benzene rings is 2. The quantitative estimate of drug-likeness (QED) is 0.728. The predicted octanol–water partition coefficient (Wildman–Crippen LogP) is 2.79. The zero-order valence-electron chi connectivity index (χ0n) is 15.4. The largest absolute Gasteiger partial charge is 0.383 e. The monoisotopic (exact) mass is 376 g/mol. The van der Waals surface area contributed by atoms with Gasteiger partial charge in [0.1, 0.15) is 0 Å². The summed E-state index contributed by atoms with van der Waals surface area (Å²) in [5, 5.41) is 2.84. The molecule has 0 heterocycles. The maximum absolute atomic E-state index is 12.7. The van der Waals surface area contributed by atoms with E-state index in [1.165, 1.54) is 19.2 Å². The van der Waals surface area contributed by atoms with Crippen molar-refractivity contribution >= 4 is 21.6 Å². The van der Waals surface area contributed by atoms with Gasteiger partial charge in [-0.25, -0.2) is 13.1 Å². The van der Waals surface area contributed by atoms with Crippen LogP contribution in [0.15, 0.2) is 41.3 Å². The second kappa shape index (κ2) is 8.44. The zero-order chi connectivity index (χ0) is 19.3. The van der Waals surface area contributed by atoms with E-state index in [1.807, 2.05) is 32.0 Å². The molecule has 0 unspecified atom stereocenters. The van der Waals surface area contributed by atoms with E-state index in [9.17, 15) is 13.2 Å². The van der Waals surface area contributed by atoms with Crippen LogP contribution >= 0.6 is 0 Å². The number of hydrogen-bond acceptors (Lipinski definition) is 4. The Bertz CT molecular complexity index is 888. The fourth-order valence-electron chi connectivity index (χ4n) is 2.62. The van der Waals surface area contributed by atoms with Crippen molar-refractivity contribution < 1.29 is 17.9 Å². The zero-order valence-corrected chi connectivity index (χ0v) is 16.2. The van der Waals surface area contributed by atoms with Crippen LogP contribution in [0.4, 0.5) is 5.69 Å². The molecule has 26 heavy (non-hydrogen) atoms. The van der Waals surface area contributed by atoms with Crippen molar-refractivity contribution in [2.24, 2.45) is 0 Å². The summed E-state index contributed by atoms with van der Waals surface area (Å²) in [5.41, 5.74) is 3.77. The van der Waals surface area contributed by atoms with Crippen LogP contribution in [0.5, 0.6) is 0 Å². The molecule has 0 radical (unpaired) electrons. The Morgan fingerprint density at radius 1 is 1.04 bits per heavy atom. The van der Waals surface area contributed by atoms with Crippen LogP contribution in [0.25, 0.3) is 0 Å². The highest BCUT2D eigenvalue weighted by Crippen LogP contribution is 2.19. The van der Waals surface area contributed by atoms with Gasteiger partial charge in [-0.1, -0.05) is 12.1 Å². The molecule has 2 aromatic rings. The Balaban J connectivity index is 2.27. The Morgan fingerprint density at radius 3 is 2.31 bits per heavy atom. The van der Waals surface area contributed by atoms with Crippen LogP contribution in [-0.4, -0.2) is 34.6 Å². The van der Waals surface area contributed by atoms with E-state index < -0.39 is 10.0 Å². The number of aryl methyl sites for hydroxylation is 3. The van der Waals surface area contributed by atoms with E-state index in [2.05, 4.69) is 10.0 Å². The molecule has 0 atom stereocenters. The van der Waals surface area contributed by atoms with Gasteiger partial charge in [-0.2, -0.15) is 0 Å². The van der Waals surface area contributed by atoms with Gasteiger partial charge in [-0.05, 0) is 61.7 Å². The number of carbonyl (C=O) groups excluding carboxylic acids is 1. The number of hydrogen-bond donors (Lipinski definition) is 2. The second-order valence-electron chi connectivity index (χ2n) is 6.20. The third-order valence-electron chi connectivity index (χ3n) is 3.84. The van der Waals surface area contributed by atoms with E-state index in [4.69, 9.17) is 4.74 Å². The molecule has 0 aliphatic carbocycles. The summed E-state index contributed by atoms with van der Waals surface area (Å²) in [6.07, 6.45) is 0. The molecule has 0 bridgehead atoms. The second-order valence-corrected chi connectivity index (χ2v) is 7.96. The molecule has 0 spiro atoms. The van der Waals surface area contributed by atoms with E-state index in [-0.39, 0.29) is 24.0 Å². The average molecular weight is 376 g/mol. The van der Waals surface area contributed by atoms with Crippen molar-refractivity contribution in [3.05, 3.63) is 58.7 Å². The first-order valence-corrected chi connectivity index (χ1v) is 9.70. The van der Waals surface area contributed by atoms with Gasteiger partial charge in [-0.15, -0.1) is 0 Å². The van der Waals surface area contributed by atoms with E-state index >= 15 is 0 Å². The van der Waals surface area contributed by atoms with Crippen molar-refractivity contribution in [3.8, 4) is 0 Å². The number of methoxy groups -OCH3 is 1. The standard InChI is InChI=1S/C19H24N2O4S/c1-13-9-14(2)11-16(10-13)21-19(22)18-12-17(6-5-15(18)3)26(23,24)20-7-8-25-4/h5-6,9-12,20H,7-8H2,1-4H3,(H,21,22). The van der Waals surface area contributed by atoms with Crippen LogP contribution < -0.4 is 10.0 Å². The third-order valence-corrected chi connectivity index (χ3v) is 5.30. The van der Waals surface area contributed by atoms with E-state index in [0.717, 1.165) is 11.1 Å². The molecule has 2 rings (SSSR count). The number of ether oxygens (including phenoxy) is 1. The van der Waals surface area contributed by atoms with Gasteiger partial charge in [0, 0.05) is 24.9 Å². The van der Waals surface area contributed by atoms with Crippen molar-refractivity contribution in [3.63, 3.8) is 0 Å². The first-order valence-electron chi connectivity index (χ1n) is 8.22. The highest BCUT2D eigenvalue weighted by Gasteiger charge is 2.18. The lowest BCUT2D eigenvalue weighted by atomic mass is 10.1. The minimum atomic E-state index is -3.70. The highest BCUT2D eigenvalue weighted by molar-refractivity contribution is 7.89. The molecular weight excluding hydrogens is 352 g/mol. The maximum atomic E-state index is 12.7. The molecular formula is C19H24N2O4S. The number of nitrogens with one attached hydrogen (secondary N) is 2. The fraction of sp³-hybridized carbons (Fsp3) is 0.316. The predicted molar refractivity (Wildman–Crippen MR) is 102 cm³/mol. The lowest BCUT2D eigenvalue weighted by molar-refractivity contribution is 0.102. The fourth-order valence-corrected chi connectivity index (χ4v) is 3.66. The van der Waals surface area contributed by atoms with Gasteiger partial charge in [0.25, 0.3) is 5.91 Å². The molecule has 1 amide bonds. The molecule has 2 aromatic carbocycles. The summed E-state index contributed by atoms with van der Waals surface area (Å²) >= 11 is 0. The van der Waals surface area contributed by atoms with Gasteiger partial charge >= 0.3 is 0 Å². The van der Waals surface area contributed by atoms with E-state index in [1.54, 1.807) is 13.0 Å². The summed E-state index contributed by atoms with van der Waals surface area (Å²) in [6, 6.07) is 10.3. The SMILES string of the molecule is COCCNS(=O)(=O)c1ccc(C)c(C(=O)Nc2cc(C)cc(C)c2)c1. The van der Waals surface area contributed by atoms with Crippen molar-refractivity contribution in [2.75, 3.05) is 25.6 Å². The van der Waals surface area contributed by atoms with Crippen molar-refractivity contribution in [2.45, 2.75) is 25.7 Å². The van der Waals surface area contributed by atoms with Crippen molar-refractivity contribution in [1.29, 1.82) is 0 Å². The summed E-state index contributed by atoms with van der Waals surface area (Å²) in [6.45, 7) is 6.10. The molecule has 0 saturated carbocycles. The van der Waals surface area contributed by atoms with Gasteiger partial charge in [0.05, 0.1) is 11.5 Å². The van der Waals surface area contributed by atoms with E-state index in [0.29, 0.717) is 16.8 Å². The highest BCUT2D eigenvalue weighted by atomic mass is 32.2. The number of anilines is 1. The average Bonchev–Trinajstić information content (AvgIpc) is 2.54. The topological polar surface area (TPSA) is 84.5 Å². The maximum Gasteiger partial charge on any atom is 0.255 e. The summed E-state index contributed by atoms with van der Waals surface area (Å²) in [7, 11) is -2.21. The Morgan fingerprint density at radius 2 is 1.69 bits per heavy atom. The summed E-state index contributed by atoms with van der Waals surface area (Å²) < 4.78 is 32.0.